The van der Waals surface area contributed by atoms with Crippen molar-refractivity contribution in [1.82, 2.24) is 35.0 Å². The molecule has 9 heteroatoms. The molecule has 1 N–H and O–H groups in total. The minimum absolute atomic E-state index is 0.205. The van der Waals surface area contributed by atoms with Gasteiger partial charge in [-0.15, -0.1) is 26.6 Å². The fourth-order valence-corrected chi connectivity index (χ4v) is 5.08. The lowest BCUT2D eigenvalue weighted by atomic mass is 9.87. The first-order valence-electron chi connectivity index (χ1n) is 12.9. The van der Waals surface area contributed by atoms with Gasteiger partial charge in [0.25, 0.3) is 5.91 Å². The van der Waals surface area contributed by atoms with Gasteiger partial charge in [0, 0.05) is 18.4 Å². The Hall–Kier alpha value is -4.14. The number of benzene rings is 2. The van der Waals surface area contributed by atoms with Gasteiger partial charge >= 0.3 is 5.69 Å². The summed E-state index contributed by atoms with van der Waals surface area (Å²) in [4.78, 5) is 26.3. The number of allylic oxidation sites excluding steroid dienone is 1. The van der Waals surface area contributed by atoms with Crippen LogP contribution in [0.2, 0.25) is 0 Å². The third-order valence-corrected chi connectivity index (χ3v) is 7.05. The van der Waals surface area contributed by atoms with E-state index in [1.165, 1.54) is 6.42 Å². The average Bonchev–Trinajstić information content (AvgIpc) is 3.57. The summed E-state index contributed by atoms with van der Waals surface area (Å²) in [5.41, 5.74) is 3.44. The third-order valence-electron chi connectivity index (χ3n) is 7.05. The summed E-state index contributed by atoms with van der Waals surface area (Å²) in [6.45, 7) is 4.13. The molecule has 9 nitrogen and oxygen atoms in total. The van der Waals surface area contributed by atoms with E-state index in [1.54, 1.807) is 10.6 Å². The molecule has 2 aromatic carbocycles. The Kier molecular flexibility index (Phi) is 7.49. The number of carbonyl (C=O) groups is 1. The molecule has 0 atom stereocenters. The molecule has 1 aliphatic carbocycles. The zero-order valence-corrected chi connectivity index (χ0v) is 20.8. The van der Waals surface area contributed by atoms with Crippen molar-refractivity contribution in [3.05, 3.63) is 83.1 Å². The molecule has 1 saturated carbocycles. The minimum atomic E-state index is -0.369. The van der Waals surface area contributed by atoms with Crippen molar-refractivity contribution in [2.24, 2.45) is 5.92 Å². The van der Waals surface area contributed by atoms with Gasteiger partial charge in [0.1, 0.15) is 5.82 Å². The maximum atomic E-state index is 13.3. The fraction of sp³-hybridized carbons (Fsp3) is 0.357. The van der Waals surface area contributed by atoms with Crippen molar-refractivity contribution >= 4 is 5.91 Å². The van der Waals surface area contributed by atoms with Crippen LogP contribution in [0.1, 0.15) is 61.1 Å². The second-order valence-corrected chi connectivity index (χ2v) is 9.60. The molecule has 2 aromatic heterocycles. The molecule has 0 saturated heterocycles. The van der Waals surface area contributed by atoms with Gasteiger partial charge in [-0.05, 0) is 47.1 Å². The summed E-state index contributed by atoms with van der Waals surface area (Å²) in [7, 11) is 0. The van der Waals surface area contributed by atoms with Crippen molar-refractivity contribution < 1.29 is 4.79 Å². The van der Waals surface area contributed by atoms with E-state index < -0.39 is 0 Å². The summed E-state index contributed by atoms with van der Waals surface area (Å²) >= 11 is 0. The van der Waals surface area contributed by atoms with Crippen LogP contribution in [0.15, 0.2) is 66.0 Å². The van der Waals surface area contributed by atoms with Gasteiger partial charge in [-0.25, -0.2) is 4.79 Å². The molecule has 1 aliphatic rings. The highest BCUT2D eigenvalue weighted by atomic mass is 16.2. The number of H-pyrrole nitrogens is 1. The van der Waals surface area contributed by atoms with E-state index in [-0.39, 0.29) is 11.6 Å². The molecule has 1 fully saturated rings. The zero-order valence-electron chi connectivity index (χ0n) is 20.8. The van der Waals surface area contributed by atoms with Crippen LogP contribution in [0, 0.1) is 5.92 Å². The van der Waals surface area contributed by atoms with E-state index in [9.17, 15) is 9.59 Å². The Morgan fingerprint density at radius 3 is 2.51 bits per heavy atom. The number of nitrogens with one attached hydrogen (secondary N) is 1. The maximum Gasteiger partial charge on any atom is 0.353 e. The van der Waals surface area contributed by atoms with Crippen molar-refractivity contribution in [2.45, 2.75) is 57.9 Å². The van der Waals surface area contributed by atoms with E-state index in [0.717, 1.165) is 52.6 Å². The van der Waals surface area contributed by atoms with E-state index in [2.05, 4.69) is 32.3 Å². The third kappa shape index (κ3) is 5.50. The lowest BCUT2D eigenvalue weighted by Gasteiger charge is -2.20. The second-order valence-electron chi connectivity index (χ2n) is 9.60. The van der Waals surface area contributed by atoms with Crippen LogP contribution in [0.5, 0.6) is 0 Å². The fourth-order valence-electron chi connectivity index (χ4n) is 5.08. The molecule has 0 spiro atoms. The number of aromatic nitrogens is 7. The highest BCUT2D eigenvalue weighted by molar-refractivity contribution is 5.80. The molecule has 0 bridgehead atoms. The van der Waals surface area contributed by atoms with Gasteiger partial charge in [-0.1, -0.05) is 73.9 Å². The Labute approximate surface area is 215 Å². The monoisotopic (exact) mass is 497 g/mol. The zero-order chi connectivity index (χ0) is 25.6. The minimum Gasteiger partial charge on any atom is -0.274 e. The number of hydrogen-bond acceptors (Lipinski definition) is 6. The number of rotatable bonds is 9. The smallest absolute Gasteiger partial charge is 0.274 e. The normalized spacial score (nSPS) is 14.1. The Balaban J connectivity index is 1.39. The summed E-state index contributed by atoms with van der Waals surface area (Å²) < 4.78 is 2.70. The van der Waals surface area contributed by atoms with Gasteiger partial charge in [0.15, 0.2) is 0 Å². The van der Waals surface area contributed by atoms with Crippen LogP contribution in [0.25, 0.3) is 22.5 Å². The number of aromatic amines is 1. The molecule has 0 radical (unpaired) electrons. The van der Waals surface area contributed by atoms with Crippen LogP contribution >= 0.6 is 0 Å². The average molecular weight is 498 g/mol. The molecule has 37 heavy (non-hydrogen) atoms. The first-order chi connectivity index (χ1) is 18.1. The lowest BCUT2D eigenvalue weighted by Crippen LogP contribution is -2.31. The first kappa shape index (κ1) is 24.5. The number of aryl methyl sites for hydroxylation is 1. The predicted molar refractivity (Wildman–Crippen MR) is 141 cm³/mol. The number of hydrogen-bond donors (Lipinski definition) is 1. The van der Waals surface area contributed by atoms with Gasteiger partial charge in [0.2, 0.25) is 5.82 Å². The molecule has 0 amide bonds. The quantitative estimate of drug-likeness (QED) is 0.336. The topological polar surface area (TPSA) is 111 Å². The van der Waals surface area contributed by atoms with Crippen LogP contribution in [-0.2, 0) is 13.0 Å². The highest BCUT2D eigenvalue weighted by Crippen LogP contribution is 2.30. The molecule has 2 heterocycles. The summed E-state index contributed by atoms with van der Waals surface area (Å²) in [6.07, 6.45) is 9.05. The summed E-state index contributed by atoms with van der Waals surface area (Å²) in [6, 6.07) is 15.9. The Bertz CT molecular complexity index is 1410. The molecule has 5 rings (SSSR count). The molecule has 0 unspecified atom stereocenters. The van der Waals surface area contributed by atoms with E-state index >= 15 is 0 Å². The van der Waals surface area contributed by atoms with Crippen molar-refractivity contribution in [2.75, 3.05) is 0 Å². The van der Waals surface area contributed by atoms with Crippen LogP contribution in [0.3, 0.4) is 0 Å². The van der Waals surface area contributed by atoms with Gasteiger partial charge in [0.05, 0.1) is 6.54 Å². The van der Waals surface area contributed by atoms with Crippen LogP contribution in [0.4, 0.5) is 0 Å². The van der Waals surface area contributed by atoms with Crippen molar-refractivity contribution in [3.8, 4) is 22.5 Å². The van der Waals surface area contributed by atoms with E-state index in [1.807, 2.05) is 48.5 Å². The first-order valence-corrected chi connectivity index (χ1v) is 12.9. The number of tetrazole rings is 1. The molecule has 190 valence electrons. The predicted octanol–water partition coefficient (Wildman–Crippen LogP) is 4.67. The van der Waals surface area contributed by atoms with Crippen molar-refractivity contribution in [3.63, 3.8) is 0 Å². The van der Waals surface area contributed by atoms with Crippen LogP contribution in [-0.4, -0.2) is 40.9 Å². The van der Waals surface area contributed by atoms with Gasteiger partial charge in [-0.3, -0.25) is 9.36 Å². The molecular weight excluding hydrogens is 466 g/mol. The standard InChI is InChI=1S/C28H31N7O2/c1-2-3-13-25-31-35(26(36)18-20-9-5-4-6-10-20)28(37)34(25)19-21-14-16-22(17-15-21)23-11-7-8-12-24(23)27-29-32-33-30-27/h2,7-8,11-12,14-17,20H,1,3-6,9-10,13,18-19H2,(H,29,30,32,33). The largest absolute Gasteiger partial charge is 0.353 e. The maximum absolute atomic E-state index is 13.3. The highest BCUT2D eigenvalue weighted by Gasteiger charge is 2.23. The van der Waals surface area contributed by atoms with Crippen LogP contribution < -0.4 is 5.69 Å². The number of carbonyl (C=O) groups excluding carboxylic acids is 1. The molecular formula is C28H31N7O2. The summed E-state index contributed by atoms with van der Waals surface area (Å²) in [5.74, 6) is 1.28. The number of nitrogens with zero attached hydrogens (tertiary/aromatic N) is 6. The Morgan fingerprint density at radius 2 is 1.81 bits per heavy atom. The molecule has 4 aromatic rings. The van der Waals surface area contributed by atoms with E-state index in [0.29, 0.717) is 43.4 Å². The lowest BCUT2D eigenvalue weighted by molar-refractivity contribution is 0.0846. The Morgan fingerprint density at radius 1 is 1.05 bits per heavy atom. The summed E-state index contributed by atoms with van der Waals surface area (Å²) in [5, 5.41) is 18.9. The van der Waals surface area contributed by atoms with Gasteiger partial charge in [-0.2, -0.15) is 5.21 Å². The van der Waals surface area contributed by atoms with Gasteiger partial charge < -0.3 is 0 Å². The second kappa shape index (κ2) is 11.3. The van der Waals surface area contributed by atoms with E-state index in [4.69, 9.17) is 0 Å². The van der Waals surface area contributed by atoms with Crippen molar-refractivity contribution in [1.29, 1.82) is 0 Å². The molecule has 0 aliphatic heterocycles. The SMILES string of the molecule is C=CCCc1nn(C(=O)CC2CCCCC2)c(=O)n1Cc1ccc(-c2ccccc2-c2nn[nH]n2)cc1.